The van der Waals surface area contributed by atoms with Crippen LogP contribution in [0.15, 0.2) is 18.3 Å². The number of carbonyl (C=O) groups excluding carboxylic acids is 1. The zero-order chi connectivity index (χ0) is 23.2. The fourth-order valence-electron chi connectivity index (χ4n) is 3.87. The first-order valence-electron chi connectivity index (χ1n) is 9.93. The van der Waals surface area contributed by atoms with Crippen molar-refractivity contribution in [3.05, 3.63) is 51.7 Å². The number of hydrogen-bond acceptors (Lipinski definition) is 7. The van der Waals surface area contributed by atoms with Crippen molar-refractivity contribution in [2.45, 2.75) is 33.0 Å². The standard InChI is InChI=1S/C21H22ClFN6O3/c1-10-16-14-8-25-19(24)20(26-14)32-11(2)17-12(4-5-13(23)18(17)22)21(31)28(3)9-15(16)29(27-10)6-7-30/h4-5,8,11,30H,6-7,9H2,1-3H3,(H2,24,25)/t11-/m1/s1. The summed E-state index contributed by atoms with van der Waals surface area (Å²) in [7, 11) is 1.62. The van der Waals surface area contributed by atoms with Crippen LogP contribution in [0.3, 0.4) is 0 Å². The van der Waals surface area contributed by atoms with Crippen LogP contribution in [0.5, 0.6) is 5.88 Å². The number of ether oxygens (including phenoxy) is 1. The maximum absolute atomic E-state index is 14.3. The molecule has 3 aromatic rings. The molecule has 2 bridgehead atoms. The quantitative estimate of drug-likeness (QED) is 0.603. The number of benzene rings is 1. The van der Waals surface area contributed by atoms with Crippen LogP contribution in [0.4, 0.5) is 10.2 Å². The minimum absolute atomic E-state index is 0.0305. The summed E-state index contributed by atoms with van der Waals surface area (Å²) in [4.78, 5) is 23.6. The van der Waals surface area contributed by atoms with Gasteiger partial charge in [-0.25, -0.2) is 14.4 Å². The molecule has 168 valence electrons. The highest BCUT2D eigenvalue weighted by molar-refractivity contribution is 6.32. The Labute approximate surface area is 188 Å². The molecule has 1 aliphatic rings. The molecule has 1 aliphatic heterocycles. The maximum atomic E-state index is 14.3. The number of amides is 1. The normalized spacial score (nSPS) is 16.0. The molecule has 0 fully saturated rings. The largest absolute Gasteiger partial charge is 0.467 e. The third kappa shape index (κ3) is 3.65. The van der Waals surface area contributed by atoms with Crippen LogP contribution < -0.4 is 10.5 Å². The third-order valence-electron chi connectivity index (χ3n) is 5.36. The van der Waals surface area contributed by atoms with Gasteiger partial charge in [-0.05, 0) is 26.0 Å². The van der Waals surface area contributed by atoms with Gasteiger partial charge in [-0.3, -0.25) is 9.48 Å². The summed E-state index contributed by atoms with van der Waals surface area (Å²) in [6, 6.07) is 2.52. The number of fused-ring (bicyclic) bond motifs is 5. The lowest BCUT2D eigenvalue weighted by Crippen LogP contribution is -2.30. The van der Waals surface area contributed by atoms with Crippen LogP contribution in [-0.2, 0) is 13.1 Å². The number of nitrogens with zero attached hydrogens (tertiary/aromatic N) is 5. The van der Waals surface area contributed by atoms with Crippen molar-refractivity contribution in [2.75, 3.05) is 19.4 Å². The number of aryl methyl sites for hydroxylation is 1. The molecule has 3 N–H and O–H groups in total. The monoisotopic (exact) mass is 460 g/mol. The highest BCUT2D eigenvalue weighted by atomic mass is 35.5. The van der Waals surface area contributed by atoms with E-state index >= 15 is 0 Å². The van der Waals surface area contributed by atoms with Gasteiger partial charge in [0.25, 0.3) is 11.8 Å². The first kappa shape index (κ1) is 22.0. The molecular weight excluding hydrogens is 439 g/mol. The molecule has 0 saturated carbocycles. The van der Waals surface area contributed by atoms with Crippen molar-refractivity contribution in [3.63, 3.8) is 0 Å². The average molecular weight is 461 g/mol. The summed E-state index contributed by atoms with van der Waals surface area (Å²) < 4.78 is 21.8. The summed E-state index contributed by atoms with van der Waals surface area (Å²) >= 11 is 6.25. The number of aliphatic hydroxyl groups is 1. The summed E-state index contributed by atoms with van der Waals surface area (Å²) in [6.45, 7) is 3.68. The van der Waals surface area contributed by atoms with Crippen LogP contribution in [0.25, 0.3) is 11.3 Å². The van der Waals surface area contributed by atoms with E-state index in [1.54, 1.807) is 25.6 Å². The number of rotatable bonds is 2. The van der Waals surface area contributed by atoms with E-state index in [4.69, 9.17) is 22.1 Å². The molecule has 0 aliphatic carbocycles. The second-order valence-electron chi connectivity index (χ2n) is 7.54. The summed E-state index contributed by atoms with van der Waals surface area (Å²) in [5.74, 6) is -0.976. The van der Waals surface area contributed by atoms with Gasteiger partial charge in [0.1, 0.15) is 11.9 Å². The van der Waals surface area contributed by atoms with Gasteiger partial charge in [0, 0.05) is 23.7 Å². The van der Waals surface area contributed by atoms with E-state index < -0.39 is 11.9 Å². The van der Waals surface area contributed by atoms with Crippen LogP contribution >= 0.6 is 11.6 Å². The smallest absolute Gasteiger partial charge is 0.258 e. The van der Waals surface area contributed by atoms with Crippen molar-refractivity contribution in [1.82, 2.24) is 24.6 Å². The van der Waals surface area contributed by atoms with Gasteiger partial charge < -0.3 is 20.5 Å². The molecule has 1 amide bonds. The van der Waals surface area contributed by atoms with E-state index in [0.717, 1.165) is 6.07 Å². The molecule has 3 heterocycles. The number of carbonyl (C=O) groups is 1. The topological polar surface area (TPSA) is 119 Å². The Morgan fingerprint density at radius 2 is 2.16 bits per heavy atom. The van der Waals surface area contributed by atoms with Gasteiger partial charge >= 0.3 is 0 Å². The summed E-state index contributed by atoms with van der Waals surface area (Å²) in [5.41, 5.74) is 8.79. The average Bonchev–Trinajstić information content (AvgIpc) is 3.05. The molecule has 0 saturated heterocycles. The number of nitrogen functional groups attached to an aromatic ring is 1. The first-order valence-corrected chi connectivity index (χ1v) is 10.3. The van der Waals surface area contributed by atoms with Gasteiger partial charge in [-0.1, -0.05) is 11.6 Å². The van der Waals surface area contributed by atoms with E-state index in [2.05, 4.69) is 15.1 Å². The number of nitrogens with two attached hydrogens (primary N) is 1. The Balaban J connectivity index is 1.99. The maximum Gasteiger partial charge on any atom is 0.258 e. The lowest BCUT2D eigenvalue weighted by Gasteiger charge is -2.25. The second kappa shape index (κ2) is 8.36. The highest BCUT2D eigenvalue weighted by Gasteiger charge is 2.29. The summed E-state index contributed by atoms with van der Waals surface area (Å²) in [6.07, 6.45) is 0.659. The molecular formula is C21H22ClFN6O3. The molecule has 32 heavy (non-hydrogen) atoms. The summed E-state index contributed by atoms with van der Waals surface area (Å²) in [5, 5.41) is 13.8. The van der Waals surface area contributed by atoms with Crippen LogP contribution in [0, 0.1) is 12.7 Å². The van der Waals surface area contributed by atoms with Crippen LogP contribution in [0.1, 0.15) is 40.3 Å². The second-order valence-corrected chi connectivity index (χ2v) is 7.92. The van der Waals surface area contributed by atoms with Gasteiger partial charge in [-0.15, -0.1) is 0 Å². The molecule has 9 nitrogen and oxygen atoms in total. The molecule has 0 unspecified atom stereocenters. The Bertz CT molecular complexity index is 1210. The van der Waals surface area contributed by atoms with Crippen molar-refractivity contribution in [2.24, 2.45) is 0 Å². The Kier molecular flexibility index (Phi) is 5.74. The molecule has 0 spiro atoms. The molecule has 1 atom stereocenters. The van der Waals surface area contributed by atoms with Gasteiger partial charge in [-0.2, -0.15) is 5.10 Å². The number of anilines is 1. The van der Waals surface area contributed by atoms with Crippen LogP contribution in [0.2, 0.25) is 5.02 Å². The molecule has 0 radical (unpaired) electrons. The minimum atomic E-state index is -0.838. The lowest BCUT2D eigenvalue weighted by atomic mass is 10.0. The van der Waals surface area contributed by atoms with E-state index in [1.807, 2.05) is 0 Å². The van der Waals surface area contributed by atoms with Gasteiger partial charge in [0.05, 0.1) is 48.0 Å². The van der Waals surface area contributed by atoms with Gasteiger partial charge in [0.2, 0.25) is 0 Å². The van der Waals surface area contributed by atoms with E-state index in [0.29, 0.717) is 22.6 Å². The molecule has 2 aromatic heterocycles. The number of halogens is 2. The lowest BCUT2D eigenvalue weighted by molar-refractivity contribution is 0.0776. The fourth-order valence-corrected chi connectivity index (χ4v) is 4.19. The predicted octanol–water partition coefficient (Wildman–Crippen LogP) is 2.74. The van der Waals surface area contributed by atoms with Crippen molar-refractivity contribution >= 4 is 23.3 Å². The van der Waals surface area contributed by atoms with E-state index in [9.17, 15) is 14.3 Å². The number of hydrogen-bond donors (Lipinski definition) is 2. The zero-order valence-corrected chi connectivity index (χ0v) is 18.5. The third-order valence-corrected chi connectivity index (χ3v) is 5.74. The Hall–Kier alpha value is -3.24. The van der Waals surface area contributed by atoms with E-state index in [1.165, 1.54) is 17.2 Å². The van der Waals surface area contributed by atoms with Crippen molar-refractivity contribution in [1.29, 1.82) is 0 Å². The van der Waals surface area contributed by atoms with Crippen molar-refractivity contribution < 1.29 is 19.0 Å². The molecule has 1 aromatic carbocycles. The minimum Gasteiger partial charge on any atom is -0.467 e. The number of aliphatic hydroxyl groups excluding tert-OH is 1. The molecule has 11 heteroatoms. The fraction of sp³-hybridized carbons (Fsp3) is 0.333. The SMILES string of the molecule is Cc1nn(CCO)c2c1-c1cnc(N)c(n1)O[C@H](C)c1c(ccc(F)c1Cl)C(=O)N(C)C2. The zero-order valence-electron chi connectivity index (χ0n) is 17.8. The van der Waals surface area contributed by atoms with Gasteiger partial charge in [0.15, 0.2) is 5.82 Å². The predicted molar refractivity (Wildman–Crippen MR) is 116 cm³/mol. The Morgan fingerprint density at radius 3 is 2.88 bits per heavy atom. The first-order chi connectivity index (χ1) is 15.2. The Morgan fingerprint density at radius 1 is 1.41 bits per heavy atom. The van der Waals surface area contributed by atoms with Crippen LogP contribution in [-0.4, -0.2) is 49.3 Å². The van der Waals surface area contributed by atoms with E-state index in [-0.39, 0.29) is 53.5 Å². The highest BCUT2D eigenvalue weighted by Crippen LogP contribution is 2.36. The van der Waals surface area contributed by atoms with Crippen molar-refractivity contribution in [3.8, 4) is 17.1 Å². The number of aromatic nitrogens is 4. The molecule has 4 rings (SSSR count).